The third-order valence-electron chi connectivity index (χ3n) is 3.43. The fourth-order valence-electron chi connectivity index (χ4n) is 2.64. The molecule has 5 heteroatoms. The lowest BCUT2D eigenvalue weighted by Crippen LogP contribution is -2.39. The van der Waals surface area contributed by atoms with Crippen molar-refractivity contribution in [2.75, 3.05) is 20.3 Å². The normalized spacial score (nSPS) is 33.9. The monoisotopic (exact) mass is 241 g/mol. The molecule has 1 N–H and O–H groups in total. The Balaban J connectivity index is 2.14. The second kappa shape index (κ2) is 5.62. The van der Waals surface area contributed by atoms with Crippen LogP contribution in [-0.2, 0) is 14.4 Å². The molecule has 2 fully saturated rings. The van der Waals surface area contributed by atoms with Crippen LogP contribution in [-0.4, -0.2) is 48.5 Å². The van der Waals surface area contributed by atoms with Crippen LogP contribution in [0.25, 0.3) is 0 Å². The van der Waals surface area contributed by atoms with Crippen molar-refractivity contribution in [1.82, 2.24) is 5.06 Å². The maximum Gasteiger partial charge on any atom is 0.313 e. The minimum absolute atomic E-state index is 0.0432. The number of nitrogens with zero attached hydrogens (tertiary/aromatic N) is 1. The van der Waals surface area contributed by atoms with Crippen molar-refractivity contribution in [3.63, 3.8) is 0 Å². The standard InChI is InChI=1S/C12H19NO4/c1-16-12(15)11-9-5-2-3-7-13(9)17-10(11)6-4-8-14/h4,6,9-11,14H,2-3,5,7-8H2,1H3/b6-4+/t9-,10+,11-/m0/s1. The second-order valence-corrected chi connectivity index (χ2v) is 4.43. The summed E-state index contributed by atoms with van der Waals surface area (Å²) < 4.78 is 4.85. The van der Waals surface area contributed by atoms with Gasteiger partial charge in [-0.1, -0.05) is 18.6 Å². The van der Waals surface area contributed by atoms with Gasteiger partial charge in [-0.2, -0.15) is 5.06 Å². The van der Waals surface area contributed by atoms with E-state index in [1.165, 1.54) is 7.11 Å². The van der Waals surface area contributed by atoms with Crippen LogP contribution in [0.2, 0.25) is 0 Å². The third-order valence-corrected chi connectivity index (χ3v) is 3.43. The zero-order valence-corrected chi connectivity index (χ0v) is 10.0. The molecule has 0 aromatic carbocycles. The number of carbonyl (C=O) groups excluding carboxylic acids is 1. The Kier molecular flexibility index (Phi) is 4.15. The van der Waals surface area contributed by atoms with E-state index in [-0.39, 0.29) is 30.6 Å². The van der Waals surface area contributed by atoms with E-state index in [4.69, 9.17) is 14.7 Å². The van der Waals surface area contributed by atoms with Gasteiger partial charge in [0.1, 0.15) is 12.0 Å². The first-order chi connectivity index (χ1) is 8.27. The number of methoxy groups -OCH3 is 1. The van der Waals surface area contributed by atoms with Gasteiger partial charge in [-0.05, 0) is 12.8 Å². The summed E-state index contributed by atoms with van der Waals surface area (Å²) in [5.74, 6) is -0.505. The van der Waals surface area contributed by atoms with Crippen molar-refractivity contribution >= 4 is 5.97 Å². The molecule has 2 aliphatic rings. The number of piperidine rings is 1. The molecule has 3 atom stereocenters. The summed E-state index contributed by atoms with van der Waals surface area (Å²) in [7, 11) is 1.40. The predicted octanol–water partition coefficient (Wildman–Crippen LogP) is 0.492. The zero-order valence-electron chi connectivity index (χ0n) is 10.0. The molecule has 0 aromatic heterocycles. The maximum absolute atomic E-state index is 11.8. The molecule has 2 rings (SSSR count). The van der Waals surface area contributed by atoms with Crippen LogP contribution in [0, 0.1) is 5.92 Å². The summed E-state index contributed by atoms with van der Waals surface area (Å²) in [6.07, 6.45) is 6.23. The molecule has 0 saturated carbocycles. The number of rotatable bonds is 3. The van der Waals surface area contributed by atoms with Crippen LogP contribution in [0.1, 0.15) is 19.3 Å². The Labute approximate surface area is 101 Å². The lowest BCUT2D eigenvalue weighted by molar-refractivity contribution is -0.160. The van der Waals surface area contributed by atoms with Gasteiger partial charge in [-0.3, -0.25) is 9.63 Å². The number of fused-ring (bicyclic) bond motifs is 1. The van der Waals surface area contributed by atoms with Crippen LogP contribution < -0.4 is 0 Å². The van der Waals surface area contributed by atoms with Crippen molar-refractivity contribution in [1.29, 1.82) is 0 Å². The summed E-state index contributed by atoms with van der Waals surface area (Å²) >= 11 is 0. The van der Waals surface area contributed by atoms with Crippen LogP contribution in [0.15, 0.2) is 12.2 Å². The van der Waals surface area contributed by atoms with E-state index in [9.17, 15) is 4.79 Å². The molecule has 17 heavy (non-hydrogen) atoms. The van der Waals surface area contributed by atoms with E-state index in [0.29, 0.717) is 0 Å². The van der Waals surface area contributed by atoms with Crippen molar-refractivity contribution in [3.05, 3.63) is 12.2 Å². The first-order valence-corrected chi connectivity index (χ1v) is 6.06. The van der Waals surface area contributed by atoms with Crippen LogP contribution in [0.3, 0.4) is 0 Å². The minimum Gasteiger partial charge on any atom is -0.469 e. The number of hydrogen-bond donors (Lipinski definition) is 1. The number of esters is 1. The average molecular weight is 241 g/mol. The summed E-state index contributed by atoms with van der Waals surface area (Å²) in [6, 6.07) is 0.115. The zero-order chi connectivity index (χ0) is 12.3. The number of ether oxygens (including phenoxy) is 1. The van der Waals surface area contributed by atoms with E-state index < -0.39 is 0 Å². The molecule has 2 heterocycles. The molecular formula is C12H19NO4. The Hall–Kier alpha value is -0.910. The number of carbonyl (C=O) groups is 1. The van der Waals surface area contributed by atoms with Gasteiger partial charge >= 0.3 is 5.97 Å². The molecule has 0 spiro atoms. The molecular weight excluding hydrogens is 222 g/mol. The lowest BCUT2D eigenvalue weighted by Gasteiger charge is -2.28. The quantitative estimate of drug-likeness (QED) is 0.575. The molecule has 0 bridgehead atoms. The third kappa shape index (κ3) is 2.51. The Bertz CT molecular complexity index is 305. The Morgan fingerprint density at radius 1 is 1.59 bits per heavy atom. The largest absolute Gasteiger partial charge is 0.469 e. The minimum atomic E-state index is -0.308. The molecule has 0 unspecified atom stereocenters. The Morgan fingerprint density at radius 3 is 3.12 bits per heavy atom. The molecule has 0 aromatic rings. The van der Waals surface area contributed by atoms with Gasteiger partial charge in [-0.25, -0.2) is 0 Å². The van der Waals surface area contributed by atoms with Crippen LogP contribution >= 0.6 is 0 Å². The van der Waals surface area contributed by atoms with Crippen molar-refractivity contribution in [3.8, 4) is 0 Å². The fourth-order valence-corrected chi connectivity index (χ4v) is 2.64. The van der Waals surface area contributed by atoms with Gasteiger partial charge in [0.2, 0.25) is 0 Å². The van der Waals surface area contributed by atoms with Gasteiger partial charge in [0, 0.05) is 6.54 Å². The summed E-state index contributed by atoms with van der Waals surface area (Å²) in [4.78, 5) is 17.6. The average Bonchev–Trinajstić information content (AvgIpc) is 2.73. The molecule has 0 aliphatic carbocycles. The van der Waals surface area contributed by atoms with Crippen molar-refractivity contribution in [2.45, 2.75) is 31.4 Å². The van der Waals surface area contributed by atoms with E-state index in [1.807, 2.05) is 5.06 Å². The van der Waals surface area contributed by atoms with Crippen molar-refractivity contribution < 1.29 is 19.5 Å². The Morgan fingerprint density at radius 2 is 2.41 bits per heavy atom. The molecule has 5 nitrogen and oxygen atoms in total. The van der Waals surface area contributed by atoms with Crippen LogP contribution in [0.4, 0.5) is 0 Å². The van der Waals surface area contributed by atoms with E-state index in [1.54, 1.807) is 12.2 Å². The molecule has 2 aliphatic heterocycles. The van der Waals surface area contributed by atoms with Gasteiger partial charge in [0.05, 0.1) is 19.8 Å². The summed E-state index contributed by atoms with van der Waals surface area (Å²) in [5.41, 5.74) is 0. The van der Waals surface area contributed by atoms with Gasteiger partial charge in [0.25, 0.3) is 0 Å². The van der Waals surface area contributed by atoms with E-state index in [0.717, 1.165) is 25.8 Å². The molecule has 0 amide bonds. The van der Waals surface area contributed by atoms with Gasteiger partial charge in [0.15, 0.2) is 0 Å². The maximum atomic E-state index is 11.8. The van der Waals surface area contributed by atoms with Crippen molar-refractivity contribution in [2.24, 2.45) is 5.92 Å². The highest BCUT2D eigenvalue weighted by Crippen LogP contribution is 2.35. The smallest absolute Gasteiger partial charge is 0.313 e. The highest BCUT2D eigenvalue weighted by Gasteiger charge is 2.47. The first kappa shape index (κ1) is 12.5. The molecule has 96 valence electrons. The molecule has 0 radical (unpaired) electrons. The number of hydroxylamine groups is 2. The second-order valence-electron chi connectivity index (χ2n) is 4.43. The topological polar surface area (TPSA) is 59.0 Å². The SMILES string of the molecule is COC(=O)[C@@H]1[C@@H](/C=C/CO)ON2CCCC[C@@H]12. The lowest BCUT2D eigenvalue weighted by atomic mass is 9.89. The van der Waals surface area contributed by atoms with E-state index in [2.05, 4.69) is 0 Å². The number of aliphatic hydroxyl groups excluding tert-OH is 1. The van der Waals surface area contributed by atoms with Crippen LogP contribution in [0.5, 0.6) is 0 Å². The summed E-state index contributed by atoms with van der Waals surface area (Å²) in [6.45, 7) is 0.819. The van der Waals surface area contributed by atoms with Gasteiger partial charge < -0.3 is 9.84 Å². The fraction of sp³-hybridized carbons (Fsp3) is 0.750. The highest BCUT2D eigenvalue weighted by atomic mass is 16.7. The molecule has 2 saturated heterocycles. The number of hydrogen-bond acceptors (Lipinski definition) is 5. The van der Waals surface area contributed by atoms with Gasteiger partial charge in [-0.15, -0.1) is 0 Å². The predicted molar refractivity (Wildman–Crippen MR) is 60.9 cm³/mol. The highest BCUT2D eigenvalue weighted by molar-refractivity contribution is 5.74. The van der Waals surface area contributed by atoms with E-state index >= 15 is 0 Å². The number of aliphatic hydroxyl groups is 1. The summed E-state index contributed by atoms with van der Waals surface area (Å²) in [5, 5.41) is 10.7. The first-order valence-electron chi connectivity index (χ1n) is 6.06.